The number of carbonyl (C=O) groups excluding carboxylic acids is 2. The number of carbonyl (C=O) groups is 2. The number of nitrogens with one attached hydrogen (secondary N) is 1. The standard InChI is InChI=1S/C24H28N4O2/c1-3-26-14-16-27(17-15-26)22-11-7-6-10-21(22)25-23(29)12-13-28-18(2)19-8-4-5-9-20(19)24(28)30/h4-11H,2-3,12-17H2,1H3,(H,25,29). The Bertz CT molecular complexity index is 928. The molecule has 1 fully saturated rings. The molecular formula is C24H28N4O2. The van der Waals surface area contributed by atoms with Crippen molar-refractivity contribution in [1.29, 1.82) is 0 Å². The molecule has 0 aromatic heterocycles. The molecule has 2 amide bonds. The first-order chi connectivity index (χ1) is 14.6. The lowest BCUT2D eigenvalue weighted by Crippen LogP contribution is -2.46. The van der Waals surface area contributed by atoms with Crippen LogP contribution in [-0.2, 0) is 4.79 Å². The molecule has 156 valence electrons. The zero-order valence-corrected chi connectivity index (χ0v) is 17.4. The summed E-state index contributed by atoms with van der Waals surface area (Å²) in [6, 6.07) is 15.4. The monoisotopic (exact) mass is 404 g/mol. The first kappa shape index (κ1) is 20.2. The molecule has 0 spiro atoms. The van der Waals surface area contributed by atoms with Crippen LogP contribution in [0.2, 0.25) is 0 Å². The topological polar surface area (TPSA) is 55.9 Å². The van der Waals surface area contributed by atoms with Gasteiger partial charge >= 0.3 is 0 Å². The Labute approximate surface area is 177 Å². The zero-order valence-electron chi connectivity index (χ0n) is 17.4. The summed E-state index contributed by atoms with van der Waals surface area (Å²) >= 11 is 0. The Morgan fingerprint density at radius 2 is 1.67 bits per heavy atom. The number of hydrogen-bond acceptors (Lipinski definition) is 4. The number of fused-ring (bicyclic) bond motifs is 1. The lowest BCUT2D eigenvalue weighted by atomic mass is 10.1. The second kappa shape index (κ2) is 8.71. The first-order valence-electron chi connectivity index (χ1n) is 10.5. The van der Waals surface area contributed by atoms with Crippen molar-refractivity contribution in [3.8, 4) is 0 Å². The fourth-order valence-corrected chi connectivity index (χ4v) is 4.16. The third kappa shape index (κ3) is 3.96. The largest absolute Gasteiger partial charge is 0.367 e. The van der Waals surface area contributed by atoms with Crippen LogP contribution in [-0.4, -0.2) is 60.9 Å². The van der Waals surface area contributed by atoms with E-state index < -0.39 is 0 Å². The summed E-state index contributed by atoms with van der Waals surface area (Å²) in [6.45, 7) is 11.5. The van der Waals surface area contributed by atoms with Gasteiger partial charge in [0, 0.05) is 56.0 Å². The van der Waals surface area contributed by atoms with Crippen molar-refractivity contribution in [2.45, 2.75) is 13.3 Å². The van der Waals surface area contributed by atoms with Crippen molar-refractivity contribution in [2.24, 2.45) is 0 Å². The smallest absolute Gasteiger partial charge is 0.258 e. The number of likely N-dealkylation sites (N-methyl/N-ethyl adjacent to an activating group) is 1. The van der Waals surface area contributed by atoms with Crippen molar-refractivity contribution in [2.75, 3.05) is 49.5 Å². The van der Waals surface area contributed by atoms with E-state index in [9.17, 15) is 9.59 Å². The van der Waals surface area contributed by atoms with Crippen LogP contribution in [0, 0.1) is 0 Å². The van der Waals surface area contributed by atoms with Crippen LogP contribution in [0.1, 0.15) is 29.3 Å². The summed E-state index contributed by atoms with van der Waals surface area (Å²) in [7, 11) is 0. The van der Waals surface area contributed by atoms with Gasteiger partial charge in [-0.2, -0.15) is 0 Å². The fourth-order valence-electron chi connectivity index (χ4n) is 4.16. The number of para-hydroxylation sites is 2. The van der Waals surface area contributed by atoms with Crippen molar-refractivity contribution in [3.63, 3.8) is 0 Å². The number of piperazine rings is 1. The van der Waals surface area contributed by atoms with Crippen molar-refractivity contribution in [3.05, 3.63) is 66.2 Å². The highest BCUT2D eigenvalue weighted by Crippen LogP contribution is 2.31. The summed E-state index contributed by atoms with van der Waals surface area (Å²) in [6.07, 6.45) is 0.219. The molecule has 0 saturated carbocycles. The number of amides is 2. The van der Waals surface area contributed by atoms with E-state index in [4.69, 9.17) is 0 Å². The summed E-state index contributed by atoms with van der Waals surface area (Å²) < 4.78 is 0. The van der Waals surface area contributed by atoms with Crippen molar-refractivity contribution < 1.29 is 9.59 Å². The molecule has 1 N–H and O–H groups in total. The number of anilines is 2. The Morgan fingerprint density at radius 3 is 2.37 bits per heavy atom. The first-order valence-corrected chi connectivity index (χ1v) is 10.5. The van der Waals surface area contributed by atoms with Gasteiger partial charge in [0.15, 0.2) is 0 Å². The predicted molar refractivity (Wildman–Crippen MR) is 121 cm³/mol. The maximum Gasteiger partial charge on any atom is 0.258 e. The summed E-state index contributed by atoms with van der Waals surface area (Å²) in [5.74, 6) is -0.191. The molecule has 0 unspecified atom stereocenters. The molecule has 4 rings (SSSR count). The highest BCUT2D eigenvalue weighted by atomic mass is 16.2. The van der Waals surface area contributed by atoms with E-state index >= 15 is 0 Å². The maximum atomic E-state index is 12.7. The van der Waals surface area contributed by atoms with E-state index in [0.29, 0.717) is 17.8 Å². The van der Waals surface area contributed by atoms with Crippen LogP contribution in [0.5, 0.6) is 0 Å². The SMILES string of the molecule is C=C1c2ccccc2C(=O)N1CCC(=O)Nc1ccccc1N1CCN(CC)CC1. The van der Waals surface area contributed by atoms with E-state index in [1.165, 1.54) is 0 Å². The van der Waals surface area contributed by atoms with Gasteiger partial charge in [-0.05, 0) is 24.7 Å². The minimum Gasteiger partial charge on any atom is -0.367 e. The molecule has 0 aliphatic carbocycles. The zero-order chi connectivity index (χ0) is 21.1. The van der Waals surface area contributed by atoms with E-state index in [-0.39, 0.29) is 18.2 Å². The molecule has 6 nitrogen and oxygen atoms in total. The lowest BCUT2D eigenvalue weighted by Gasteiger charge is -2.36. The molecule has 0 radical (unpaired) electrons. The van der Waals surface area contributed by atoms with Crippen LogP contribution in [0.25, 0.3) is 5.70 Å². The molecule has 0 bridgehead atoms. The fraction of sp³-hybridized carbons (Fsp3) is 0.333. The number of rotatable bonds is 6. The van der Waals surface area contributed by atoms with Gasteiger partial charge in [-0.1, -0.05) is 43.8 Å². The van der Waals surface area contributed by atoms with Crippen LogP contribution in [0.15, 0.2) is 55.1 Å². The van der Waals surface area contributed by atoms with E-state index in [2.05, 4.69) is 34.7 Å². The van der Waals surface area contributed by atoms with E-state index in [0.717, 1.165) is 49.7 Å². The van der Waals surface area contributed by atoms with Gasteiger partial charge in [-0.3, -0.25) is 9.59 Å². The summed E-state index contributed by atoms with van der Waals surface area (Å²) in [5, 5.41) is 3.05. The molecule has 1 saturated heterocycles. The second-order valence-electron chi connectivity index (χ2n) is 7.69. The van der Waals surface area contributed by atoms with Crippen molar-refractivity contribution >= 4 is 28.9 Å². The third-order valence-electron chi connectivity index (χ3n) is 5.94. The molecule has 2 aromatic rings. The van der Waals surface area contributed by atoms with Gasteiger partial charge in [0.2, 0.25) is 5.91 Å². The minimum absolute atomic E-state index is 0.0856. The molecule has 2 heterocycles. The van der Waals surface area contributed by atoms with Gasteiger partial charge in [-0.15, -0.1) is 0 Å². The van der Waals surface area contributed by atoms with Gasteiger partial charge in [0.25, 0.3) is 5.91 Å². The van der Waals surface area contributed by atoms with E-state index in [1.807, 2.05) is 36.4 Å². The second-order valence-corrected chi connectivity index (χ2v) is 7.69. The van der Waals surface area contributed by atoms with Crippen LogP contribution >= 0.6 is 0 Å². The van der Waals surface area contributed by atoms with Gasteiger partial charge in [0.05, 0.1) is 11.4 Å². The molecule has 0 atom stereocenters. The molecule has 30 heavy (non-hydrogen) atoms. The van der Waals surface area contributed by atoms with Crippen LogP contribution < -0.4 is 10.2 Å². The van der Waals surface area contributed by atoms with Gasteiger partial charge in [0.1, 0.15) is 0 Å². The van der Waals surface area contributed by atoms with Crippen LogP contribution in [0.3, 0.4) is 0 Å². The molecular weight excluding hydrogens is 376 g/mol. The highest BCUT2D eigenvalue weighted by molar-refractivity contribution is 6.09. The average molecular weight is 405 g/mol. The normalized spacial score (nSPS) is 16.7. The van der Waals surface area contributed by atoms with Gasteiger partial charge < -0.3 is 20.0 Å². The number of nitrogens with zero attached hydrogens (tertiary/aromatic N) is 3. The average Bonchev–Trinajstić information content (AvgIpc) is 3.03. The van der Waals surface area contributed by atoms with Crippen LogP contribution in [0.4, 0.5) is 11.4 Å². The molecule has 6 heteroatoms. The van der Waals surface area contributed by atoms with E-state index in [1.54, 1.807) is 11.0 Å². The Kier molecular flexibility index (Phi) is 5.86. The highest BCUT2D eigenvalue weighted by Gasteiger charge is 2.30. The van der Waals surface area contributed by atoms with Crippen molar-refractivity contribution in [1.82, 2.24) is 9.80 Å². The minimum atomic E-state index is -0.105. The molecule has 2 aliphatic rings. The Balaban J connectivity index is 1.38. The lowest BCUT2D eigenvalue weighted by molar-refractivity contribution is -0.116. The predicted octanol–water partition coefficient (Wildman–Crippen LogP) is 3.28. The molecule has 2 aromatic carbocycles. The third-order valence-corrected chi connectivity index (χ3v) is 5.94. The maximum absolute atomic E-state index is 12.7. The van der Waals surface area contributed by atoms with Gasteiger partial charge in [-0.25, -0.2) is 0 Å². The Morgan fingerprint density at radius 1 is 1.00 bits per heavy atom. The quantitative estimate of drug-likeness (QED) is 0.803. The summed E-state index contributed by atoms with van der Waals surface area (Å²) in [4.78, 5) is 31.6. The summed E-state index contributed by atoms with van der Waals surface area (Å²) in [5.41, 5.74) is 4.04. The molecule has 2 aliphatic heterocycles. The Hall–Kier alpha value is -3.12. The number of benzene rings is 2. The number of hydrogen-bond donors (Lipinski definition) is 1.